The summed E-state index contributed by atoms with van der Waals surface area (Å²) in [5, 5.41) is 1.66. The highest BCUT2D eigenvalue weighted by molar-refractivity contribution is 5.35. The number of hydroxylamine groups is 2. The summed E-state index contributed by atoms with van der Waals surface area (Å²) in [6.07, 6.45) is -1.64. The van der Waals surface area contributed by atoms with Gasteiger partial charge in [-0.05, 0) is 42.7 Å². The minimum absolute atomic E-state index is 0.0533. The summed E-state index contributed by atoms with van der Waals surface area (Å²) in [6.45, 7) is 0.603. The lowest BCUT2D eigenvalue weighted by atomic mass is 9.97. The molecule has 0 saturated carbocycles. The molecule has 121 valence electrons. The van der Waals surface area contributed by atoms with Crippen molar-refractivity contribution in [3.05, 3.63) is 65.7 Å². The first-order valence-corrected chi connectivity index (χ1v) is 7.62. The van der Waals surface area contributed by atoms with Gasteiger partial charge in [0.05, 0.1) is 6.04 Å². The average molecular weight is 320 g/mol. The van der Waals surface area contributed by atoms with Gasteiger partial charge in [0.2, 0.25) is 0 Å². The topological polar surface area (TPSA) is 12.5 Å². The van der Waals surface area contributed by atoms with E-state index in [2.05, 4.69) is 6.07 Å². The van der Waals surface area contributed by atoms with Gasteiger partial charge in [0.1, 0.15) is 5.56 Å². The number of rotatable bonds is 3. The van der Waals surface area contributed by atoms with Gasteiger partial charge in [-0.1, -0.05) is 36.8 Å². The highest BCUT2D eigenvalue weighted by Crippen LogP contribution is 2.38. The molecule has 0 spiro atoms. The fourth-order valence-corrected chi connectivity index (χ4v) is 2.87. The summed E-state index contributed by atoms with van der Waals surface area (Å²) in [5.41, 5.74) is 0.264. The van der Waals surface area contributed by atoms with Crippen LogP contribution in [0.25, 0.3) is 0 Å². The van der Waals surface area contributed by atoms with Crippen molar-refractivity contribution in [3.8, 4) is 5.75 Å². The van der Waals surface area contributed by atoms with Gasteiger partial charge < -0.3 is 4.84 Å². The van der Waals surface area contributed by atoms with E-state index < -0.39 is 11.7 Å². The van der Waals surface area contributed by atoms with Gasteiger partial charge in [-0.2, -0.15) is 13.2 Å². The molecule has 1 aliphatic heterocycles. The first-order chi connectivity index (χ1) is 11.1. The number of nitrogens with zero attached hydrogens (tertiary/aromatic N) is 1. The maximum atomic E-state index is 13.1. The summed E-state index contributed by atoms with van der Waals surface area (Å²) in [7, 11) is 0. The number of benzene rings is 2. The average Bonchev–Trinajstić information content (AvgIpc) is 2.56. The molecule has 0 aliphatic carbocycles. The predicted octanol–water partition coefficient (Wildman–Crippen LogP) is 5.03. The number of piperidine rings is 1. The standard InChI is InChI=1S/C18H17F3NO/c19-18(20,21)15-10-4-5-12-17(15)23-22-13-7-6-11-16(22)14-8-2-1-3-9-14/h1-2,4-5,8-10,12,16H,6-7,11,13H2. The molecule has 1 unspecified atom stereocenters. The molecule has 0 amide bonds. The van der Waals surface area contributed by atoms with E-state index in [1.54, 1.807) is 17.2 Å². The van der Waals surface area contributed by atoms with E-state index in [-0.39, 0.29) is 11.8 Å². The molecule has 1 atom stereocenters. The van der Waals surface area contributed by atoms with Crippen LogP contribution < -0.4 is 4.84 Å². The fraction of sp³-hybridized carbons (Fsp3) is 0.333. The quantitative estimate of drug-likeness (QED) is 0.787. The lowest BCUT2D eigenvalue weighted by Crippen LogP contribution is -2.36. The Balaban J connectivity index is 1.86. The van der Waals surface area contributed by atoms with Gasteiger partial charge in [0, 0.05) is 6.54 Å². The number of para-hydroxylation sites is 1. The van der Waals surface area contributed by atoms with Crippen LogP contribution in [0, 0.1) is 6.07 Å². The van der Waals surface area contributed by atoms with E-state index in [0.29, 0.717) is 6.54 Å². The highest BCUT2D eigenvalue weighted by atomic mass is 19.4. The van der Waals surface area contributed by atoms with Crippen LogP contribution >= 0.6 is 0 Å². The third-order valence-electron chi connectivity index (χ3n) is 3.98. The Kier molecular flexibility index (Phi) is 4.57. The van der Waals surface area contributed by atoms with E-state index in [1.807, 2.05) is 18.2 Å². The Morgan fingerprint density at radius 1 is 1.09 bits per heavy atom. The molecule has 2 aromatic rings. The van der Waals surface area contributed by atoms with Crippen molar-refractivity contribution in [1.29, 1.82) is 0 Å². The third kappa shape index (κ3) is 3.67. The summed E-state index contributed by atoms with van der Waals surface area (Å²) in [5.74, 6) is -0.146. The van der Waals surface area contributed by atoms with Crippen molar-refractivity contribution in [3.63, 3.8) is 0 Å². The van der Waals surface area contributed by atoms with Gasteiger partial charge >= 0.3 is 6.18 Å². The van der Waals surface area contributed by atoms with Gasteiger partial charge in [0.15, 0.2) is 5.75 Å². The van der Waals surface area contributed by atoms with Crippen LogP contribution in [0.4, 0.5) is 13.2 Å². The molecule has 0 bridgehead atoms. The third-order valence-corrected chi connectivity index (χ3v) is 3.98. The zero-order valence-electron chi connectivity index (χ0n) is 12.5. The second-order valence-corrected chi connectivity index (χ2v) is 5.57. The van der Waals surface area contributed by atoms with Gasteiger partial charge in [-0.25, -0.2) is 0 Å². The second kappa shape index (κ2) is 6.62. The molecular weight excluding hydrogens is 303 g/mol. The smallest absolute Gasteiger partial charge is 0.405 e. The van der Waals surface area contributed by atoms with Gasteiger partial charge in [0.25, 0.3) is 0 Å². The number of alkyl halides is 3. The van der Waals surface area contributed by atoms with Crippen molar-refractivity contribution >= 4 is 0 Å². The number of hydrogen-bond acceptors (Lipinski definition) is 2. The minimum atomic E-state index is -4.43. The Morgan fingerprint density at radius 2 is 1.91 bits per heavy atom. The lowest BCUT2D eigenvalue weighted by Gasteiger charge is -2.35. The van der Waals surface area contributed by atoms with Crippen LogP contribution in [-0.2, 0) is 6.18 Å². The van der Waals surface area contributed by atoms with Gasteiger partial charge in [-0.15, -0.1) is 5.06 Å². The van der Waals surface area contributed by atoms with E-state index in [4.69, 9.17) is 4.84 Å². The molecule has 1 saturated heterocycles. The minimum Gasteiger partial charge on any atom is -0.405 e. The van der Waals surface area contributed by atoms with E-state index >= 15 is 0 Å². The SMILES string of the molecule is FC(F)(F)c1ccccc1ON1CCCCC1c1c[c]ccc1. The molecule has 5 heteroatoms. The Hall–Kier alpha value is -2.01. The van der Waals surface area contributed by atoms with Crippen LogP contribution in [0.2, 0.25) is 0 Å². The number of hydrogen-bond donors (Lipinski definition) is 0. The van der Waals surface area contributed by atoms with Crippen molar-refractivity contribution in [2.45, 2.75) is 31.5 Å². The Bertz CT molecular complexity index is 642. The zero-order chi connectivity index (χ0) is 16.3. The molecule has 2 nitrogen and oxygen atoms in total. The van der Waals surface area contributed by atoms with Crippen LogP contribution in [0.1, 0.15) is 36.4 Å². The summed E-state index contributed by atoms with van der Waals surface area (Å²) in [4.78, 5) is 5.68. The van der Waals surface area contributed by atoms with E-state index in [0.717, 1.165) is 30.9 Å². The van der Waals surface area contributed by atoms with Gasteiger partial charge in [-0.3, -0.25) is 0 Å². The fourth-order valence-electron chi connectivity index (χ4n) is 2.87. The maximum Gasteiger partial charge on any atom is 0.420 e. The molecule has 23 heavy (non-hydrogen) atoms. The van der Waals surface area contributed by atoms with Crippen LogP contribution in [0.5, 0.6) is 5.75 Å². The molecular formula is C18H17F3NO. The highest BCUT2D eigenvalue weighted by Gasteiger charge is 2.35. The van der Waals surface area contributed by atoms with Crippen LogP contribution in [-0.4, -0.2) is 11.6 Å². The van der Waals surface area contributed by atoms with E-state index in [9.17, 15) is 13.2 Å². The van der Waals surface area contributed by atoms with E-state index in [1.165, 1.54) is 12.1 Å². The molecule has 1 radical (unpaired) electrons. The summed E-state index contributed by atoms with van der Waals surface area (Å²) < 4.78 is 39.4. The molecule has 0 N–H and O–H groups in total. The molecule has 1 aliphatic rings. The van der Waals surface area contributed by atoms with Crippen LogP contribution in [0.15, 0.2) is 48.5 Å². The predicted molar refractivity (Wildman–Crippen MR) is 80.6 cm³/mol. The number of halogens is 3. The first-order valence-electron chi connectivity index (χ1n) is 7.62. The lowest BCUT2D eigenvalue weighted by molar-refractivity contribution is -0.150. The molecule has 3 rings (SSSR count). The zero-order valence-corrected chi connectivity index (χ0v) is 12.5. The Labute approximate surface area is 133 Å². The normalized spacial score (nSPS) is 19.5. The molecule has 2 aromatic carbocycles. The van der Waals surface area contributed by atoms with Crippen molar-refractivity contribution in [2.24, 2.45) is 0 Å². The summed E-state index contributed by atoms with van der Waals surface area (Å²) in [6, 6.07) is 15.8. The van der Waals surface area contributed by atoms with Crippen molar-refractivity contribution < 1.29 is 18.0 Å². The summed E-state index contributed by atoms with van der Waals surface area (Å²) >= 11 is 0. The largest absolute Gasteiger partial charge is 0.420 e. The second-order valence-electron chi connectivity index (χ2n) is 5.57. The first kappa shape index (κ1) is 15.9. The Morgan fingerprint density at radius 3 is 2.65 bits per heavy atom. The maximum absolute atomic E-state index is 13.1. The monoisotopic (exact) mass is 320 g/mol. The molecule has 1 heterocycles. The van der Waals surface area contributed by atoms with Crippen molar-refractivity contribution in [1.82, 2.24) is 5.06 Å². The molecule has 0 aromatic heterocycles. The molecule has 1 fully saturated rings. The van der Waals surface area contributed by atoms with Crippen molar-refractivity contribution in [2.75, 3.05) is 6.54 Å². The van der Waals surface area contributed by atoms with Crippen LogP contribution in [0.3, 0.4) is 0 Å².